The minimum Gasteiger partial charge on any atom is -0.481 e. The molecule has 2 N–H and O–H groups in total. The second-order valence-corrected chi connectivity index (χ2v) is 5.54. The standard InChI is InChI=1S/C16H20N2O4/c1-11(16(21)22)10-17-14(19)9-12-4-6-13(7-5-12)18-8-2-3-15(18)20/h4-7,11H,2-3,8-10H2,1H3,(H,17,19)(H,21,22)/t11-/m1/s1. The molecular formula is C16H20N2O4. The first-order chi connectivity index (χ1) is 10.5. The van der Waals surface area contributed by atoms with Crippen LogP contribution in [0.25, 0.3) is 0 Å². The van der Waals surface area contributed by atoms with E-state index in [1.165, 1.54) is 0 Å². The second-order valence-electron chi connectivity index (χ2n) is 5.54. The van der Waals surface area contributed by atoms with Gasteiger partial charge in [0.15, 0.2) is 0 Å². The average molecular weight is 304 g/mol. The zero-order chi connectivity index (χ0) is 16.1. The van der Waals surface area contributed by atoms with E-state index in [0.29, 0.717) is 6.42 Å². The van der Waals surface area contributed by atoms with Crippen molar-refractivity contribution in [2.75, 3.05) is 18.0 Å². The van der Waals surface area contributed by atoms with E-state index < -0.39 is 11.9 Å². The Morgan fingerprint density at radius 1 is 1.32 bits per heavy atom. The molecule has 1 aliphatic heterocycles. The van der Waals surface area contributed by atoms with Crippen LogP contribution in [0.15, 0.2) is 24.3 Å². The van der Waals surface area contributed by atoms with Gasteiger partial charge in [0, 0.05) is 25.2 Å². The van der Waals surface area contributed by atoms with Gasteiger partial charge in [0.1, 0.15) is 0 Å². The number of hydrogen-bond donors (Lipinski definition) is 2. The Bertz CT molecular complexity index is 568. The Hall–Kier alpha value is -2.37. The van der Waals surface area contributed by atoms with Crippen molar-refractivity contribution in [3.8, 4) is 0 Å². The zero-order valence-corrected chi connectivity index (χ0v) is 12.5. The SMILES string of the molecule is C[C@H](CNC(=O)Cc1ccc(N2CCCC2=O)cc1)C(=O)O. The van der Waals surface area contributed by atoms with Crippen molar-refractivity contribution in [3.63, 3.8) is 0 Å². The van der Waals surface area contributed by atoms with Crippen molar-refractivity contribution in [2.24, 2.45) is 5.92 Å². The van der Waals surface area contributed by atoms with Gasteiger partial charge in [-0.2, -0.15) is 0 Å². The van der Waals surface area contributed by atoms with Gasteiger partial charge < -0.3 is 15.3 Å². The van der Waals surface area contributed by atoms with Crippen LogP contribution in [0.1, 0.15) is 25.3 Å². The third-order valence-electron chi connectivity index (χ3n) is 3.71. The van der Waals surface area contributed by atoms with Gasteiger partial charge in [-0.25, -0.2) is 0 Å². The molecule has 1 aliphatic rings. The van der Waals surface area contributed by atoms with Crippen LogP contribution >= 0.6 is 0 Å². The monoisotopic (exact) mass is 304 g/mol. The Morgan fingerprint density at radius 3 is 2.55 bits per heavy atom. The van der Waals surface area contributed by atoms with Crippen LogP contribution < -0.4 is 10.2 Å². The number of carboxylic acids is 1. The fourth-order valence-corrected chi connectivity index (χ4v) is 2.32. The quantitative estimate of drug-likeness (QED) is 0.826. The predicted octanol–water partition coefficient (Wildman–Crippen LogP) is 1.19. The lowest BCUT2D eigenvalue weighted by Crippen LogP contribution is -2.32. The molecule has 22 heavy (non-hydrogen) atoms. The van der Waals surface area contributed by atoms with Gasteiger partial charge in [-0.15, -0.1) is 0 Å². The van der Waals surface area contributed by atoms with Crippen LogP contribution in [-0.2, 0) is 20.8 Å². The lowest BCUT2D eigenvalue weighted by Gasteiger charge is -2.16. The van der Waals surface area contributed by atoms with E-state index in [0.717, 1.165) is 24.2 Å². The first-order valence-electron chi connectivity index (χ1n) is 7.36. The van der Waals surface area contributed by atoms with Crippen LogP contribution in [0.3, 0.4) is 0 Å². The molecule has 2 amide bonds. The average Bonchev–Trinajstić information content (AvgIpc) is 2.91. The summed E-state index contributed by atoms with van der Waals surface area (Å²) in [5.41, 5.74) is 1.68. The van der Waals surface area contributed by atoms with Crippen molar-refractivity contribution in [1.29, 1.82) is 0 Å². The number of carboxylic acid groups (broad SMARTS) is 1. The van der Waals surface area contributed by atoms with Crippen LogP contribution in [0.4, 0.5) is 5.69 Å². The molecule has 0 aliphatic carbocycles. The van der Waals surface area contributed by atoms with Crippen LogP contribution in [0, 0.1) is 5.92 Å². The summed E-state index contributed by atoms with van der Waals surface area (Å²) in [7, 11) is 0. The number of amides is 2. The van der Waals surface area contributed by atoms with Crippen molar-refractivity contribution >= 4 is 23.5 Å². The molecule has 6 nitrogen and oxygen atoms in total. The molecule has 0 spiro atoms. The molecule has 0 saturated carbocycles. The predicted molar refractivity (Wildman–Crippen MR) is 81.5 cm³/mol. The van der Waals surface area contributed by atoms with Crippen molar-refractivity contribution in [1.82, 2.24) is 5.32 Å². The summed E-state index contributed by atoms with van der Waals surface area (Å²) in [6, 6.07) is 7.32. The third-order valence-corrected chi connectivity index (χ3v) is 3.71. The molecule has 1 aromatic rings. The smallest absolute Gasteiger partial charge is 0.308 e. The minimum atomic E-state index is -0.931. The van der Waals surface area contributed by atoms with E-state index >= 15 is 0 Å². The van der Waals surface area contributed by atoms with Gasteiger partial charge in [-0.3, -0.25) is 14.4 Å². The summed E-state index contributed by atoms with van der Waals surface area (Å²) in [5.74, 6) is -1.61. The number of anilines is 1. The number of hydrogen-bond acceptors (Lipinski definition) is 3. The maximum atomic E-state index is 11.8. The van der Waals surface area contributed by atoms with Crippen LogP contribution in [0.2, 0.25) is 0 Å². The Labute approximate surface area is 129 Å². The van der Waals surface area contributed by atoms with E-state index in [4.69, 9.17) is 5.11 Å². The molecule has 1 heterocycles. The van der Waals surface area contributed by atoms with Gasteiger partial charge in [0.25, 0.3) is 0 Å². The number of rotatable bonds is 6. The summed E-state index contributed by atoms with van der Waals surface area (Å²) >= 11 is 0. The summed E-state index contributed by atoms with van der Waals surface area (Å²) in [4.78, 5) is 35.8. The topological polar surface area (TPSA) is 86.7 Å². The highest BCUT2D eigenvalue weighted by Gasteiger charge is 2.21. The number of benzene rings is 1. The first-order valence-corrected chi connectivity index (χ1v) is 7.36. The highest BCUT2D eigenvalue weighted by molar-refractivity contribution is 5.95. The molecule has 1 atom stereocenters. The molecule has 118 valence electrons. The number of carbonyl (C=O) groups excluding carboxylic acids is 2. The van der Waals surface area contributed by atoms with Gasteiger partial charge in [0.2, 0.25) is 11.8 Å². The molecule has 1 aromatic carbocycles. The molecule has 0 bridgehead atoms. The molecule has 0 aromatic heterocycles. The molecule has 6 heteroatoms. The van der Waals surface area contributed by atoms with E-state index in [1.807, 2.05) is 24.3 Å². The normalized spacial score (nSPS) is 15.7. The Morgan fingerprint density at radius 2 is 2.00 bits per heavy atom. The molecule has 1 saturated heterocycles. The molecule has 2 rings (SSSR count). The second kappa shape index (κ2) is 7.06. The van der Waals surface area contributed by atoms with Gasteiger partial charge in [0.05, 0.1) is 12.3 Å². The van der Waals surface area contributed by atoms with Crippen LogP contribution in [0.5, 0.6) is 0 Å². The largest absolute Gasteiger partial charge is 0.481 e. The fraction of sp³-hybridized carbons (Fsp3) is 0.438. The third kappa shape index (κ3) is 4.07. The molecule has 1 fully saturated rings. The van der Waals surface area contributed by atoms with E-state index in [1.54, 1.807) is 11.8 Å². The summed E-state index contributed by atoms with van der Waals surface area (Å²) in [6.07, 6.45) is 1.66. The summed E-state index contributed by atoms with van der Waals surface area (Å²) in [6.45, 7) is 2.41. The summed E-state index contributed by atoms with van der Waals surface area (Å²) in [5, 5.41) is 11.4. The van der Waals surface area contributed by atoms with Crippen LogP contribution in [-0.4, -0.2) is 36.0 Å². The minimum absolute atomic E-state index is 0.120. The first kappa shape index (κ1) is 16.0. The van der Waals surface area contributed by atoms with Crippen molar-refractivity contribution in [2.45, 2.75) is 26.2 Å². The highest BCUT2D eigenvalue weighted by atomic mass is 16.4. The number of nitrogens with zero attached hydrogens (tertiary/aromatic N) is 1. The molecular weight excluding hydrogens is 284 g/mol. The maximum Gasteiger partial charge on any atom is 0.308 e. The van der Waals surface area contributed by atoms with Gasteiger partial charge in [-0.1, -0.05) is 19.1 Å². The Balaban J connectivity index is 1.87. The van der Waals surface area contributed by atoms with Gasteiger partial charge in [-0.05, 0) is 24.1 Å². The zero-order valence-electron chi connectivity index (χ0n) is 12.5. The van der Waals surface area contributed by atoms with Crippen molar-refractivity contribution in [3.05, 3.63) is 29.8 Å². The number of nitrogens with one attached hydrogen (secondary N) is 1. The van der Waals surface area contributed by atoms with Crippen molar-refractivity contribution < 1.29 is 19.5 Å². The fourth-order valence-electron chi connectivity index (χ4n) is 2.32. The lowest BCUT2D eigenvalue weighted by atomic mass is 10.1. The van der Waals surface area contributed by atoms with E-state index in [-0.39, 0.29) is 24.8 Å². The Kier molecular flexibility index (Phi) is 5.14. The van der Waals surface area contributed by atoms with Gasteiger partial charge >= 0.3 is 5.97 Å². The molecule has 0 unspecified atom stereocenters. The maximum absolute atomic E-state index is 11.8. The van der Waals surface area contributed by atoms with E-state index in [2.05, 4.69) is 5.32 Å². The highest BCUT2D eigenvalue weighted by Crippen LogP contribution is 2.21. The molecule has 0 radical (unpaired) electrons. The van der Waals surface area contributed by atoms with E-state index in [9.17, 15) is 14.4 Å². The summed E-state index contributed by atoms with van der Waals surface area (Å²) < 4.78 is 0. The number of carbonyl (C=O) groups is 3. The number of aliphatic carboxylic acids is 1. The lowest BCUT2D eigenvalue weighted by molar-refractivity contribution is -0.141.